The van der Waals surface area contributed by atoms with Gasteiger partial charge in [0.1, 0.15) is 11.4 Å². The number of rotatable bonds is 3. The highest BCUT2D eigenvalue weighted by atomic mass is 32.2. The maximum absolute atomic E-state index is 6.17. The number of nitrogens with two attached hydrogens (primary N) is 1. The van der Waals surface area contributed by atoms with Gasteiger partial charge in [-0.15, -0.1) is 21.5 Å². The van der Waals surface area contributed by atoms with Crippen LogP contribution in [-0.2, 0) is 0 Å². The summed E-state index contributed by atoms with van der Waals surface area (Å²) < 4.78 is 3.18. The average molecular weight is 344 g/mol. The minimum absolute atomic E-state index is 0.553. The lowest BCUT2D eigenvalue weighted by Gasteiger charge is -2.09. The number of nitrogen functional groups attached to an aromatic ring is 1. The van der Waals surface area contributed by atoms with Crippen molar-refractivity contribution in [2.24, 2.45) is 0 Å². The molecule has 0 aliphatic rings. The van der Waals surface area contributed by atoms with Crippen molar-refractivity contribution in [2.75, 3.05) is 5.84 Å². The van der Waals surface area contributed by atoms with Crippen molar-refractivity contribution < 1.29 is 0 Å². The molecule has 0 radical (unpaired) electrons. The van der Waals surface area contributed by atoms with Gasteiger partial charge < -0.3 is 5.84 Å². The lowest BCUT2D eigenvalue weighted by molar-refractivity contribution is 0.799. The normalized spacial score (nSPS) is 11.4. The number of hydrogen-bond acceptors (Lipinski definition) is 8. The molecule has 0 bridgehead atoms. The molecule has 0 atom stereocenters. The average Bonchev–Trinajstić information content (AvgIpc) is 3.25. The highest BCUT2D eigenvalue weighted by molar-refractivity contribution is 7.99. The van der Waals surface area contributed by atoms with Gasteiger partial charge in [-0.2, -0.15) is 14.6 Å². The molecule has 0 amide bonds. The fraction of sp³-hybridized carbons (Fsp3) is 0.154. The Labute approximate surface area is 139 Å². The molecular weight excluding hydrogens is 332 g/mol. The molecule has 0 saturated heterocycles. The van der Waals surface area contributed by atoms with E-state index < -0.39 is 0 Å². The summed E-state index contributed by atoms with van der Waals surface area (Å²) in [6.45, 7) is 3.93. The zero-order valence-corrected chi connectivity index (χ0v) is 14.0. The van der Waals surface area contributed by atoms with Gasteiger partial charge in [0.05, 0.1) is 4.88 Å². The summed E-state index contributed by atoms with van der Waals surface area (Å²) in [4.78, 5) is 9.53. The number of hydrogen-bond donors (Lipinski definition) is 1. The number of thiophene rings is 1. The SMILES string of the molecule is Cc1nc2ncnn2c(Sc2nnc(-c3cccs3)n2N)c1C. The Kier molecular flexibility index (Phi) is 3.27. The minimum atomic E-state index is 0.553. The first-order valence-electron chi connectivity index (χ1n) is 6.74. The summed E-state index contributed by atoms with van der Waals surface area (Å²) in [5, 5.41) is 16.1. The van der Waals surface area contributed by atoms with Crippen molar-refractivity contribution in [3.8, 4) is 10.7 Å². The second-order valence-corrected chi connectivity index (χ2v) is 6.76. The molecule has 0 unspecified atom stereocenters. The van der Waals surface area contributed by atoms with Crippen LogP contribution in [0.5, 0.6) is 0 Å². The van der Waals surface area contributed by atoms with E-state index in [-0.39, 0.29) is 0 Å². The molecular formula is C13H12N8S2. The van der Waals surface area contributed by atoms with Crippen LogP contribution in [0.25, 0.3) is 16.5 Å². The zero-order valence-electron chi connectivity index (χ0n) is 12.3. The van der Waals surface area contributed by atoms with Crippen molar-refractivity contribution in [2.45, 2.75) is 24.0 Å². The standard InChI is InChI=1S/C13H12N8S2/c1-7-8(2)17-12-15-6-16-21(12)11(7)23-13-19-18-10(20(13)14)9-4-3-5-22-9/h3-6H,14H2,1-2H3. The van der Waals surface area contributed by atoms with Gasteiger partial charge in [-0.3, -0.25) is 0 Å². The van der Waals surface area contributed by atoms with Crippen LogP contribution < -0.4 is 5.84 Å². The Hall–Kier alpha value is -2.46. The molecule has 10 heteroatoms. The second-order valence-electron chi connectivity index (χ2n) is 4.85. The van der Waals surface area contributed by atoms with E-state index in [1.54, 1.807) is 15.9 Å². The largest absolute Gasteiger partial charge is 0.335 e. The third kappa shape index (κ3) is 2.26. The monoisotopic (exact) mass is 344 g/mol. The predicted molar refractivity (Wildman–Crippen MR) is 87.9 cm³/mol. The maximum atomic E-state index is 6.17. The van der Waals surface area contributed by atoms with E-state index in [4.69, 9.17) is 5.84 Å². The van der Waals surface area contributed by atoms with Crippen molar-refractivity contribution >= 4 is 28.9 Å². The predicted octanol–water partition coefficient (Wildman–Crippen LogP) is 1.93. The van der Waals surface area contributed by atoms with E-state index >= 15 is 0 Å². The molecule has 8 nitrogen and oxygen atoms in total. The van der Waals surface area contributed by atoms with Gasteiger partial charge in [0, 0.05) is 11.3 Å². The van der Waals surface area contributed by atoms with Crippen LogP contribution in [0.1, 0.15) is 11.3 Å². The molecule has 23 heavy (non-hydrogen) atoms. The summed E-state index contributed by atoms with van der Waals surface area (Å²) in [5.41, 5.74) is 1.91. The lowest BCUT2D eigenvalue weighted by atomic mass is 10.3. The van der Waals surface area contributed by atoms with Crippen LogP contribution in [0.15, 0.2) is 34.0 Å². The molecule has 4 heterocycles. The smallest absolute Gasteiger partial charge is 0.253 e. The van der Waals surface area contributed by atoms with Crippen molar-refractivity contribution in [3.05, 3.63) is 35.1 Å². The first-order chi connectivity index (χ1) is 11.1. The van der Waals surface area contributed by atoms with E-state index in [1.165, 1.54) is 22.8 Å². The van der Waals surface area contributed by atoms with Crippen LogP contribution in [-0.4, -0.2) is 34.5 Å². The molecule has 0 aromatic carbocycles. The topological polar surface area (TPSA) is 99.8 Å². The summed E-state index contributed by atoms with van der Waals surface area (Å²) >= 11 is 2.97. The minimum Gasteiger partial charge on any atom is -0.335 e. The van der Waals surface area contributed by atoms with Crippen LogP contribution >= 0.6 is 23.1 Å². The Bertz CT molecular complexity index is 985. The summed E-state index contributed by atoms with van der Waals surface area (Å²) in [6, 6.07) is 3.92. The van der Waals surface area contributed by atoms with Gasteiger partial charge in [0.15, 0.2) is 5.82 Å². The maximum Gasteiger partial charge on any atom is 0.253 e. The van der Waals surface area contributed by atoms with Crippen molar-refractivity contribution in [1.29, 1.82) is 0 Å². The first-order valence-corrected chi connectivity index (χ1v) is 8.44. The van der Waals surface area contributed by atoms with E-state index in [2.05, 4.69) is 25.3 Å². The van der Waals surface area contributed by atoms with Crippen molar-refractivity contribution in [1.82, 2.24) is 34.5 Å². The molecule has 2 N–H and O–H groups in total. The lowest BCUT2D eigenvalue weighted by Crippen LogP contribution is -2.12. The number of fused-ring (bicyclic) bond motifs is 1. The fourth-order valence-electron chi connectivity index (χ4n) is 2.13. The van der Waals surface area contributed by atoms with Crippen molar-refractivity contribution in [3.63, 3.8) is 0 Å². The fourth-order valence-corrected chi connectivity index (χ4v) is 3.79. The van der Waals surface area contributed by atoms with Crippen LogP contribution in [0, 0.1) is 13.8 Å². The molecule has 0 spiro atoms. The van der Waals surface area contributed by atoms with Crippen LogP contribution in [0.4, 0.5) is 0 Å². The Morgan fingerprint density at radius 2 is 2.13 bits per heavy atom. The molecule has 0 fully saturated rings. The van der Waals surface area contributed by atoms with E-state index in [0.717, 1.165) is 21.2 Å². The molecule has 4 rings (SSSR count). The third-order valence-electron chi connectivity index (χ3n) is 3.45. The molecule has 0 aliphatic carbocycles. The number of aryl methyl sites for hydroxylation is 1. The Morgan fingerprint density at radius 3 is 2.91 bits per heavy atom. The summed E-state index contributed by atoms with van der Waals surface area (Å²) in [6.07, 6.45) is 1.48. The zero-order chi connectivity index (χ0) is 16.0. The van der Waals surface area contributed by atoms with Gasteiger partial charge in [-0.05, 0) is 37.1 Å². The molecule has 0 saturated carbocycles. The highest BCUT2D eigenvalue weighted by Gasteiger charge is 2.18. The van der Waals surface area contributed by atoms with E-state index in [1.807, 2.05) is 31.4 Å². The second kappa shape index (κ2) is 5.32. The van der Waals surface area contributed by atoms with E-state index in [0.29, 0.717) is 16.8 Å². The van der Waals surface area contributed by atoms with Gasteiger partial charge in [-0.25, -0.2) is 9.66 Å². The van der Waals surface area contributed by atoms with Crippen LogP contribution in [0.3, 0.4) is 0 Å². The van der Waals surface area contributed by atoms with Gasteiger partial charge in [0.2, 0.25) is 5.16 Å². The third-order valence-corrected chi connectivity index (χ3v) is 5.45. The summed E-state index contributed by atoms with van der Waals surface area (Å²) in [5.74, 6) is 7.36. The van der Waals surface area contributed by atoms with Gasteiger partial charge in [0.25, 0.3) is 5.78 Å². The number of nitrogens with zero attached hydrogens (tertiary/aromatic N) is 7. The quantitative estimate of drug-likeness (QED) is 0.448. The van der Waals surface area contributed by atoms with E-state index in [9.17, 15) is 0 Å². The first kappa shape index (κ1) is 14.2. The molecule has 116 valence electrons. The van der Waals surface area contributed by atoms with Gasteiger partial charge in [-0.1, -0.05) is 6.07 Å². The number of aromatic nitrogens is 7. The molecule has 4 aromatic rings. The Balaban J connectivity index is 1.80. The van der Waals surface area contributed by atoms with Crippen LogP contribution in [0.2, 0.25) is 0 Å². The summed E-state index contributed by atoms with van der Waals surface area (Å²) in [7, 11) is 0. The molecule has 4 aromatic heterocycles. The van der Waals surface area contributed by atoms with Gasteiger partial charge >= 0.3 is 0 Å². The Morgan fingerprint density at radius 1 is 1.26 bits per heavy atom. The molecule has 0 aliphatic heterocycles. The highest BCUT2D eigenvalue weighted by Crippen LogP contribution is 2.31.